The number of benzene rings is 4. The van der Waals surface area contributed by atoms with Crippen LogP contribution in [0.5, 0.6) is 0 Å². The molecule has 0 spiro atoms. The third kappa shape index (κ3) is 6.60. The van der Waals surface area contributed by atoms with Crippen LogP contribution in [-0.4, -0.2) is 48.8 Å². The van der Waals surface area contributed by atoms with Gasteiger partial charge in [-0.05, 0) is 66.2 Å². The largest absolute Gasteiger partial charge is 0.367 e. The minimum Gasteiger partial charge on any atom is -0.367 e. The van der Waals surface area contributed by atoms with E-state index in [1.807, 2.05) is 4.90 Å². The van der Waals surface area contributed by atoms with E-state index in [2.05, 4.69) is 10.6 Å². The molecule has 0 aliphatic carbocycles. The minimum atomic E-state index is -0.672. The van der Waals surface area contributed by atoms with E-state index in [1.54, 1.807) is 41.3 Å². The maximum absolute atomic E-state index is 14.2. The fourth-order valence-corrected chi connectivity index (χ4v) is 4.75. The van der Waals surface area contributed by atoms with E-state index in [0.29, 0.717) is 43.1 Å². The number of piperazine rings is 1. The van der Waals surface area contributed by atoms with Crippen molar-refractivity contribution in [2.45, 2.75) is 6.54 Å². The van der Waals surface area contributed by atoms with Gasteiger partial charge in [0.1, 0.15) is 17.5 Å². The lowest BCUT2D eigenvalue weighted by Gasteiger charge is -2.37. The number of nitrogens with one attached hydrogen (secondary N) is 2. The van der Waals surface area contributed by atoms with Crippen LogP contribution in [0.25, 0.3) is 0 Å². The third-order valence-electron chi connectivity index (χ3n) is 6.96. The number of halogens is 3. The highest BCUT2D eigenvalue weighted by atomic mass is 19.1. The number of hydrogen-bond acceptors (Lipinski definition) is 4. The van der Waals surface area contributed by atoms with Crippen molar-refractivity contribution >= 4 is 29.1 Å². The molecule has 3 amide bonds. The Morgan fingerprint density at radius 3 is 2.14 bits per heavy atom. The average Bonchev–Trinajstić information content (AvgIpc) is 3.00. The first kappa shape index (κ1) is 28.4. The number of amides is 3. The zero-order chi connectivity index (χ0) is 29.6. The fraction of sp³-hybridized carbons (Fsp3) is 0.156. The van der Waals surface area contributed by atoms with Crippen LogP contribution < -0.4 is 15.5 Å². The smallest absolute Gasteiger partial charge is 0.258 e. The molecule has 0 saturated carbocycles. The van der Waals surface area contributed by atoms with Gasteiger partial charge in [-0.15, -0.1) is 0 Å². The van der Waals surface area contributed by atoms with Crippen molar-refractivity contribution in [3.05, 3.63) is 131 Å². The summed E-state index contributed by atoms with van der Waals surface area (Å²) in [6.45, 7) is 1.64. The lowest BCUT2D eigenvalue weighted by Crippen LogP contribution is -2.49. The van der Waals surface area contributed by atoms with Crippen molar-refractivity contribution < 1.29 is 27.6 Å². The maximum Gasteiger partial charge on any atom is 0.258 e. The van der Waals surface area contributed by atoms with Gasteiger partial charge in [0, 0.05) is 49.7 Å². The summed E-state index contributed by atoms with van der Waals surface area (Å²) < 4.78 is 41.1. The zero-order valence-electron chi connectivity index (χ0n) is 22.4. The molecule has 2 N–H and O–H groups in total. The van der Waals surface area contributed by atoms with Gasteiger partial charge in [0.2, 0.25) is 0 Å². The Bertz CT molecular complexity index is 1620. The molecular weight excluding hydrogens is 545 g/mol. The lowest BCUT2D eigenvalue weighted by molar-refractivity contribution is 0.0745. The Hall–Kier alpha value is -5.12. The average molecular weight is 573 g/mol. The molecule has 10 heteroatoms. The van der Waals surface area contributed by atoms with Crippen LogP contribution in [0.15, 0.2) is 91.0 Å². The van der Waals surface area contributed by atoms with Crippen molar-refractivity contribution in [2.75, 3.05) is 36.4 Å². The first-order valence-electron chi connectivity index (χ1n) is 13.3. The summed E-state index contributed by atoms with van der Waals surface area (Å²) in [4.78, 5) is 42.6. The summed E-state index contributed by atoms with van der Waals surface area (Å²) in [5, 5.41) is 5.48. The first-order valence-corrected chi connectivity index (χ1v) is 13.3. The molecule has 0 bridgehead atoms. The van der Waals surface area contributed by atoms with E-state index in [9.17, 15) is 27.6 Å². The Labute approximate surface area is 240 Å². The van der Waals surface area contributed by atoms with E-state index in [4.69, 9.17) is 0 Å². The summed E-state index contributed by atoms with van der Waals surface area (Å²) in [7, 11) is 0. The lowest BCUT2D eigenvalue weighted by atomic mass is 10.1. The van der Waals surface area contributed by atoms with Crippen molar-refractivity contribution in [2.24, 2.45) is 0 Å². The molecule has 214 valence electrons. The topological polar surface area (TPSA) is 81.8 Å². The normalized spacial score (nSPS) is 13.0. The molecule has 1 aliphatic heterocycles. The highest BCUT2D eigenvalue weighted by molar-refractivity contribution is 6.06. The minimum absolute atomic E-state index is 0.136. The van der Waals surface area contributed by atoms with Crippen molar-refractivity contribution in [1.29, 1.82) is 0 Å². The van der Waals surface area contributed by atoms with Gasteiger partial charge in [0.25, 0.3) is 17.7 Å². The molecule has 0 unspecified atom stereocenters. The Morgan fingerprint density at radius 1 is 0.690 bits per heavy atom. The molecule has 1 saturated heterocycles. The molecule has 1 aliphatic rings. The number of carbonyl (C=O) groups excluding carboxylic acids is 3. The predicted octanol–water partition coefficient (Wildman–Crippen LogP) is 5.25. The number of hydrogen-bond donors (Lipinski definition) is 2. The van der Waals surface area contributed by atoms with Gasteiger partial charge in [0.15, 0.2) is 0 Å². The van der Waals surface area contributed by atoms with E-state index < -0.39 is 23.4 Å². The Balaban J connectivity index is 1.35. The van der Waals surface area contributed by atoms with Crippen LogP contribution in [0.1, 0.15) is 36.6 Å². The van der Waals surface area contributed by atoms with Crippen molar-refractivity contribution in [1.82, 2.24) is 10.2 Å². The van der Waals surface area contributed by atoms with Crippen LogP contribution >= 0.6 is 0 Å². The molecule has 0 aromatic heterocycles. The van der Waals surface area contributed by atoms with Gasteiger partial charge in [0.05, 0.1) is 11.1 Å². The van der Waals surface area contributed by atoms with Crippen molar-refractivity contribution in [3.63, 3.8) is 0 Å². The predicted molar refractivity (Wildman–Crippen MR) is 153 cm³/mol. The molecule has 7 nitrogen and oxygen atoms in total. The summed E-state index contributed by atoms with van der Waals surface area (Å²) in [6.07, 6.45) is 0. The monoisotopic (exact) mass is 572 g/mol. The van der Waals surface area contributed by atoms with Gasteiger partial charge in [-0.2, -0.15) is 0 Å². The van der Waals surface area contributed by atoms with Gasteiger partial charge in [-0.1, -0.05) is 30.3 Å². The molecule has 1 fully saturated rings. The molecule has 5 rings (SSSR count). The van der Waals surface area contributed by atoms with Gasteiger partial charge in [-0.25, -0.2) is 13.2 Å². The molecule has 0 radical (unpaired) electrons. The fourth-order valence-electron chi connectivity index (χ4n) is 4.75. The second-order valence-electron chi connectivity index (χ2n) is 9.76. The van der Waals surface area contributed by atoms with Crippen LogP contribution in [0.2, 0.25) is 0 Å². The highest BCUT2D eigenvalue weighted by Gasteiger charge is 2.26. The van der Waals surface area contributed by atoms with E-state index in [0.717, 1.165) is 0 Å². The summed E-state index contributed by atoms with van der Waals surface area (Å²) in [5.74, 6) is -2.93. The van der Waals surface area contributed by atoms with E-state index in [1.165, 1.54) is 54.6 Å². The van der Waals surface area contributed by atoms with Crippen LogP contribution in [0, 0.1) is 17.5 Å². The van der Waals surface area contributed by atoms with Crippen molar-refractivity contribution in [3.8, 4) is 0 Å². The molecule has 4 aromatic rings. The first-order chi connectivity index (χ1) is 20.3. The quantitative estimate of drug-likeness (QED) is 0.317. The molecule has 1 heterocycles. The van der Waals surface area contributed by atoms with Crippen LogP contribution in [-0.2, 0) is 6.54 Å². The molecule has 0 atom stereocenters. The van der Waals surface area contributed by atoms with Gasteiger partial charge in [-0.3, -0.25) is 14.4 Å². The number of nitrogens with zero attached hydrogens (tertiary/aromatic N) is 2. The Morgan fingerprint density at radius 2 is 1.43 bits per heavy atom. The molecular formula is C32H27F3N4O3. The third-order valence-corrected chi connectivity index (χ3v) is 6.96. The summed E-state index contributed by atoms with van der Waals surface area (Å²) in [6, 6.07) is 21.7. The summed E-state index contributed by atoms with van der Waals surface area (Å²) >= 11 is 0. The standard InChI is InChI=1S/C32H27F3N4O3/c33-23-10-8-21(9-11-23)20-36-30(40)27-19-25(37-31(41)26-6-1-2-7-28(26)35)12-13-29(27)38-14-16-39(17-15-38)32(42)22-4-3-5-24(34)18-22/h1-13,18-19H,14-17,20H2,(H,36,40)(H,37,41). The van der Waals surface area contributed by atoms with E-state index in [-0.39, 0.29) is 35.0 Å². The Kier molecular flexibility index (Phi) is 8.52. The maximum atomic E-state index is 14.2. The second kappa shape index (κ2) is 12.6. The van der Waals surface area contributed by atoms with E-state index >= 15 is 0 Å². The van der Waals surface area contributed by atoms with Crippen LogP contribution in [0.3, 0.4) is 0 Å². The molecule has 4 aromatic carbocycles. The van der Waals surface area contributed by atoms with Gasteiger partial charge >= 0.3 is 0 Å². The van der Waals surface area contributed by atoms with Crippen LogP contribution in [0.4, 0.5) is 24.5 Å². The zero-order valence-corrected chi connectivity index (χ0v) is 22.4. The second-order valence-corrected chi connectivity index (χ2v) is 9.76. The SMILES string of the molecule is O=C(Nc1ccc(N2CCN(C(=O)c3cccc(F)c3)CC2)c(C(=O)NCc2ccc(F)cc2)c1)c1ccccc1F. The highest BCUT2D eigenvalue weighted by Crippen LogP contribution is 2.27. The van der Waals surface area contributed by atoms with Gasteiger partial charge < -0.3 is 20.4 Å². The number of rotatable bonds is 7. The summed E-state index contributed by atoms with van der Waals surface area (Å²) in [5.41, 5.74) is 1.95. The number of carbonyl (C=O) groups is 3. The molecule has 42 heavy (non-hydrogen) atoms. The number of anilines is 2.